The van der Waals surface area contributed by atoms with Gasteiger partial charge in [-0.2, -0.15) is 0 Å². The van der Waals surface area contributed by atoms with E-state index in [2.05, 4.69) is 15.5 Å². The molecule has 0 aliphatic carbocycles. The highest BCUT2D eigenvalue weighted by atomic mass is 16.5. The molecule has 0 saturated carbocycles. The summed E-state index contributed by atoms with van der Waals surface area (Å²) in [5, 5.41) is 5.07. The number of primary amides is 1. The molecule has 3 rings (SSSR count). The molecular weight excluding hydrogens is 360 g/mol. The van der Waals surface area contributed by atoms with Crippen LogP contribution in [0.15, 0.2) is 48.5 Å². The summed E-state index contributed by atoms with van der Waals surface area (Å²) in [5.41, 5.74) is 7.38. The van der Waals surface area contributed by atoms with Crippen molar-refractivity contribution in [3.05, 3.63) is 54.1 Å². The monoisotopic (exact) mass is 382 g/mol. The van der Waals surface area contributed by atoms with Crippen molar-refractivity contribution >= 4 is 35.0 Å². The van der Waals surface area contributed by atoms with Crippen LogP contribution in [0.25, 0.3) is 0 Å². The molecule has 0 atom stereocenters. The Labute approximate surface area is 162 Å². The molecule has 2 aromatic rings. The van der Waals surface area contributed by atoms with Gasteiger partial charge in [0.2, 0.25) is 0 Å². The number of esters is 1. The highest BCUT2D eigenvalue weighted by molar-refractivity contribution is 5.96. The lowest BCUT2D eigenvalue weighted by molar-refractivity contribution is -0.119. The molecule has 1 heterocycles. The topological polar surface area (TPSA) is 114 Å². The Morgan fingerprint density at radius 1 is 0.964 bits per heavy atom. The number of hydrogen-bond donors (Lipinski definition) is 3. The molecule has 1 fully saturated rings. The van der Waals surface area contributed by atoms with Crippen LogP contribution < -0.4 is 21.3 Å². The number of benzene rings is 2. The van der Waals surface area contributed by atoms with Gasteiger partial charge in [-0.1, -0.05) is 6.07 Å². The Morgan fingerprint density at radius 3 is 2.36 bits per heavy atom. The largest absolute Gasteiger partial charge is 0.452 e. The number of anilines is 3. The first-order valence-electron chi connectivity index (χ1n) is 9.00. The second kappa shape index (κ2) is 8.90. The lowest BCUT2D eigenvalue weighted by atomic mass is 10.2. The van der Waals surface area contributed by atoms with E-state index in [-0.39, 0.29) is 5.56 Å². The molecule has 28 heavy (non-hydrogen) atoms. The number of rotatable bonds is 6. The summed E-state index contributed by atoms with van der Waals surface area (Å²) in [6, 6.07) is 12.9. The number of hydrogen-bond acceptors (Lipinski definition) is 5. The van der Waals surface area contributed by atoms with Gasteiger partial charge in [-0.05, 0) is 55.3 Å². The van der Waals surface area contributed by atoms with Crippen LogP contribution in [0.1, 0.15) is 23.2 Å². The summed E-state index contributed by atoms with van der Waals surface area (Å²) >= 11 is 0. The summed E-state index contributed by atoms with van der Waals surface area (Å²) in [6.45, 7) is 1.69. The summed E-state index contributed by atoms with van der Waals surface area (Å²) in [5.74, 6) is -1.11. The van der Waals surface area contributed by atoms with Crippen molar-refractivity contribution in [1.82, 2.24) is 0 Å². The third-order valence-corrected chi connectivity index (χ3v) is 4.32. The molecule has 1 saturated heterocycles. The van der Waals surface area contributed by atoms with Crippen molar-refractivity contribution in [1.29, 1.82) is 0 Å². The number of carbonyl (C=O) groups excluding carboxylic acids is 3. The number of nitrogens with zero attached hydrogens (tertiary/aromatic N) is 1. The van der Waals surface area contributed by atoms with E-state index in [0.717, 1.165) is 18.8 Å². The zero-order chi connectivity index (χ0) is 19.9. The lowest BCUT2D eigenvalue weighted by Gasteiger charge is -2.17. The van der Waals surface area contributed by atoms with E-state index in [1.165, 1.54) is 25.0 Å². The van der Waals surface area contributed by atoms with Crippen LogP contribution in [-0.4, -0.2) is 37.6 Å². The molecule has 2 aromatic carbocycles. The zero-order valence-electron chi connectivity index (χ0n) is 15.3. The van der Waals surface area contributed by atoms with Gasteiger partial charge >= 0.3 is 12.0 Å². The Balaban J connectivity index is 1.49. The second-order valence-electron chi connectivity index (χ2n) is 6.44. The predicted molar refractivity (Wildman–Crippen MR) is 106 cm³/mol. The molecule has 1 aliphatic rings. The number of urea groups is 1. The molecule has 8 heteroatoms. The summed E-state index contributed by atoms with van der Waals surface area (Å²) in [7, 11) is 0. The van der Waals surface area contributed by atoms with Crippen LogP contribution in [0.2, 0.25) is 0 Å². The molecule has 0 aromatic heterocycles. The van der Waals surface area contributed by atoms with Crippen LogP contribution in [0.5, 0.6) is 0 Å². The van der Waals surface area contributed by atoms with Gasteiger partial charge < -0.3 is 26.0 Å². The van der Waals surface area contributed by atoms with Crippen LogP contribution >= 0.6 is 0 Å². The minimum atomic E-state index is -0.736. The van der Waals surface area contributed by atoms with E-state index in [9.17, 15) is 14.4 Å². The summed E-state index contributed by atoms with van der Waals surface area (Å²) in [4.78, 5) is 37.3. The SMILES string of the molecule is NC(=O)Nc1cccc(C(=O)OCC(=O)Nc2ccc(N3CCCC3)cc2)c1. The smallest absolute Gasteiger partial charge is 0.338 e. The fraction of sp³-hybridized carbons (Fsp3) is 0.250. The van der Waals surface area contributed by atoms with Gasteiger partial charge in [0.15, 0.2) is 6.61 Å². The van der Waals surface area contributed by atoms with Crippen molar-refractivity contribution < 1.29 is 19.1 Å². The van der Waals surface area contributed by atoms with E-state index < -0.39 is 24.5 Å². The second-order valence-corrected chi connectivity index (χ2v) is 6.44. The van der Waals surface area contributed by atoms with E-state index in [4.69, 9.17) is 10.5 Å². The highest BCUT2D eigenvalue weighted by Gasteiger charge is 2.13. The normalized spacial score (nSPS) is 13.1. The molecule has 0 spiro atoms. The molecule has 3 amide bonds. The molecule has 8 nitrogen and oxygen atoms in total. The fourth-order valence-corrected chi connectivity index (χ4v) is 3.01. The Kier molecular flexibility index (Phi) is 6.11. The molecule has 0 radical (unpaired) electrons. The van der Waals surface area contributed by atoms with Gasteiger partial charge in [0.1, 0.15) is 0 Å². The number of nitrogens with two attached hydrogens (primary N) is 1. The van der Waals surface area contributed by atoms with Crippen molar-refractivity contribution in [3.63, 3.8) is 0 Å². The number of nitrogens with one attached hydrogen (secondary N) is 2. The first-order chi connectivity index (χ1) is 13.5. The van der Waals surface area contributed by atoms with Crippen molar-refractivity contribution in [2.45, 2.75) is 12.8 Å². The Hall–Kier alpha value is -3.55. The summed E-state index contributed by atoms with van der Waals surface area (Å²) in [6.07, 6.45) is 2.40. The van der Waals surface area contributed by atoms with Gasteiger partial charge in [0.05, 0.1) is 5.56 Å². The van der Waals surface area contributed by atoms with Crippen molar-refractivity contribution in [2.24, 2.45) is 5.73 Å². The molecular formula is C20H22N4O4. The quantitative estimate of drug-likeness (QED) is 0.665. The van der Waals surface area contributed by atoms with E-state index in [1.807, 2.05) is 24.3 Å². The molecule has 4 N–H and O–H groups in total. The first-order valence-corrected chi connectivity index (χ1v) is 9.00. The Bertz CT molecular complexity index is 861. The van der Waals surface area contributed by atoms with Crippen LogP contribution in [0.3, 0.4) is 0 Å². The van der Waals surface area contributed by atoms with Crippen LogP contribution in [0, 0.1) is 0 Å². The number of amides is 3. The highest BCUT2D eigenvalue weighted by Crippen LogP contribution is 2.22. The predicted octanol–water partition coefficient (Wildman–Crippen LogP) is 2.57. The van der Waals surface area contributed by atoms with Gasteiger partial charge in [-0.15, -0.1) is 0 Å². The van der Waals surface area contributed by atoms with E-state index in [1.54, 1.807) is 12.1 Å². The first kappa shape index (κ1) is 19.2. The van der Waals surface area contributed by atoms with Crippen LogP contribution in [-0.2, 0) is 9.53 Å². The number of ether oxygens (including phenoxy) is 1. The molecule has 0 bridgehead atoms. The maximum absolute atomic E-state index is 12.1. The average molecular weight is 382 g/mol. The molecule has 1 aliphatic heterocycles. The maximum Gasteiger partial charge on any atom is 0.338 e. The minimum absolute atomic E-state index is 0.203. The third-order valence-electron chi connectivity index (χ3n) is 4.32. The molecule has 0 unspecified atom stereocenters. The van der Waals surface area contributed by atoms with Gasteiger partial charge in [-0.3, -0.25) is 4.79 Å². The minimum Gasteiger partial charge on any atom is -0.452 e. The van der Waals surface area contributed by atoms with Gasteiger partial charge in [0.25, 0.3) is 5.91 Å². The zero-order valence-corrected chi connectivity index (χ0v) is 15.3. The van der Waals surface area contributed by atoms with E-state index in [0.29, 0.717) is 11.4 Å². The van der Waals surface area contributed by atoms with E-state index >= 15 is 0 Å². The third kappa shape index (κ3) is 5.23. The Morgan fingerprint density at radius 2 is 1.68 bits per heavy atom. The maximum atomic E-state index is 12.1. The standard InChI is InChI=1S/C20H22N4O4/c21-20(27)23-16-5-3-4-14(12-16)19(26)28-13-18(25)22-15-6-8-17(9-7-15)24-10-1-2-11-24/h3-9,12H,1-2,10-11,13H2,(H,22,25)(H3,21,23,27). The average Bonchev–Trinajstić information content (AvgIpc) is 3.21. The van der Waals surface area contributed by atoms with Gasteiger partial charge in [-0.25, -0.2) is 9.59 Å². The molecule has 146 valence electrons. The van der Waals surface area contributed by atoms with Crippen molar-refractivity contribution in [3.8, 4) is 0 Å². The van der Waals surface area contributed by atoms with Crippen LogP contribution in [0.4, 0.5) is 21.9 Å². The fourth-order valence-electron chi connectivity index (χ4n) is 3.01. The van der Waals surface area contributed by atoms with Gasteiger partial charge in [0, 0.05) is 30.2 Å². The summed E-state index contributed by atoms with van der Waals surface area (Å²) < 4.78 is 5.02. The lowest BCUT2D eigenvalue weighted by Crippen LogP contribution is -2.22. The number of carbonyl (C=O) groups is 3. The van der Waals surface area contributed by atoms with Crippen molar-refractivity contribution in [2.75, 3.05) is 35.2 Å².